The number of benzene rings is 1. The molecule has 0 radical (unpaired) electrons. The Morgan fingerprint density at radius 1 is 1.17 bits per heavy atom. The van der Waals surface area contributed by atoms with Gasteiger partial charge in [0.2, 0.25) is 0 Å². The molecule has 0 unspecified atom stereocenters. The number of ether oxygens (including phenoxy) is 3. The van der Waals surface area contributed by atoms with Crippen LogP contribution < -0.4 is 4.90 Å². The molecule has 0 aliphatic carbocycles. The van der Waals surface area contributed by atoms with Gasteiger partial charge >= 0.3 is 0 Å². The van der Waals surface area contributed by atoms with Crippen molar-refractivity contribution in [2.24, 2.45) is 0 Å². The summed E-state index contributed by atoms with van der Waals surface area (Å²) in [5.41, 5.74) is 3.60. The number of morpholine rings is 1. The van der Waals surface area contributed by atoms with Crippen LogP contribution in [0.4, 0.5) is 5.69 Å². The molecule has 0 aromatic heterocycles. The normalized spacial score (nSPS) is 28.0. The van der Waals surface area contributed by atoms with Crippen molar-refractivity contribution in [1.82, 2.24) is 0 Å². The Labute approximate surface area is 107 Å². The third kappa shape index (κ3) is 2.23. The van der Waals surface area contributed by atoms with Crippen LogP contribution in [0.2, 0.25) is 0 Å². The Morgan fingerprint density at radius 2 is 1.89 bits per heavy atom. The molecule has 2 heterocycles. The van der Waals surface area contributed by atoms with Crippen LogP contribution in [0.25, 0.3) is 0 Å². The lowest BCUT2D eigenvalue weighted by molar-refractivity contribution is -0.382. The van der Waals surface area contributed by atoms with Crippen LogP contribution in [0.3, 0.4) is 0 Å². The number of hydrogen-bond donors (Lipinski definition) is 0. The molecule has 1 aromatic rings. The summed E-state index contributed by atoms with van der Waals surface area (Å²) in [6.45, 7) is 7.46. The van der Waals surface area contributed by atoms with Gasteiger partial charge in [0, 0.05) is 24.3 Å². The van der Waals surface area contributed by atoms with Gasteiger partial charge in [0.15, 0.2) is 12.6 Å². The van der Waals surface area contributed by atoms with Gasteiger partial charge in [-0.1, -0.05) is 12.1 Å². The van der Waals surface area contributed by atoms with Crippen LogP contribution in [-0.4, -0.2) is 32.6 Å². The van der Waals surface area contributed by atoms with Gasteiger partial charge < -0.3 is 19.1 Å². The predicted octanol–water partition coefficient (Wildman–Crippen LogP) is 2.22. The maximum atomic E-state index is 5.62. The van der Waals surface area contributed by atoms with Crippen molar-refractivity contribution in [3.63, 3.8) is 0 Å². The Kier molecular flexibility index (Phi) is 3.24. The van der Waals surface area contributed by atoms with Gasteiger partial charge in [-0.05, 0) is 25.5 Å². The molecule has 2 aliphatic rings. The minimum absolute atomic E-state index is 0.0890. The lowest BCUT2D eigenvalue weighted by atomic mass is 10.1. The molecule has 0 N–H and O–H groups in total. The highest BCUT2D eigenvalue weighted by atomic mass is 16.9. The van der Waals surface area contributed by atoms with E-state index in [1.165, 1.54) is 11.3 Å². The van der Waals surface area contributed by atoms with Crippen LogP contribution in [0.5, 0.6) is 0 Å². The number of aryl methyl sites for hydroxylation is 1. The highest BCUT2D eigenvalue weighted by Gasteiger charge is 2.31. The van der Waals surface area contributed by atoms with Gasteiger partial charge in [-0.3, -0.25) is 0 Å². The monoisotopic (exact) mass is 249 g/mol. The molecule has 2 fully saturated rings. The first kappa shape index (κ1) is 12.0. The lowest BCUT2D eigenvalue weighted by Crippen LogP contribution is -2.38. The summed E-state index contributed by atoms with van der Waals surface area (Å²) in [4.78, 5) is 2.35. The topological polar surface area (TPSA) is 30.9 Å². The minimum atomic E-state index is -0.210. The van der Waals surface area contributed by atoms with E-state index >= 15 is 0 Å². The standard InChI is InChI=1S/C14H19NO3/c1-10-3-4-12(14-17-11(2)18-14)13(9-10)15-5-7-16-8-6-15/h3-4,9,11,14H,5-8H2,1-2H3. The van der Waals surface area contributed by atoms with Gasteiger partial charge in [0.05, 0.1) is 13.2 Å². The maximum absolute atomic E-state index is 5.62. The highest BCUT2D eigenvalue weighted by Crippen LogP contribution is 2.37. The molecule has 3 rings (SSSR count). The van der Waals surface area contributed by atoms with Crippen molar-refractivity contribution in [1.29, 1.82) is 0 Å². The molecule has 18 heavy (non-hydrogen) atoms. The molecule has 0 atom stereocenters. The molecular weight excluding hydrogens is 230 g/mol. The minimum Gasteiger partial charge on any atom is -0.378 e. The fourth-order valence-electron chi connectivity index (χ4n) is 2.44. The van der Waals surface area contributed by atoms with E-state index in [2.05, 4.69) is 30.0 Å². The zero-order valence-corrected chi connectivity index (χ0v) is 10.9. The largest absolute Gasteiger partial charge is 0.378 e. The Balaban J connectivity index is 1.87. The SMILES string of the molecule is Cc1ccc(C2OC(C)O2)c(N2CCOCC2)c1. The third-order valence-corrected chi connectivity index (χ3v) is 3.42. The molecule has 0 bridgehead atoms. The van der Waals surface area contributed by atoms with Gasteiger partial charge in [-0.25, -0.2) is 0 Å². The van der Waals surface area contributed by atoms with Crippen molar-refractivity contribution in [3.05, 3.63) is 29.3 Å². The van der Waals surface area contributed by atoms with E-state index in [9.17, 15) is 0 Å². The first-order chi connectivity index (χ1) is 8.74. The van der Waals surface area contributed by atoms with Gasteiger partial charge in [0.25, 0.3) is 0 Å². The fraction of sp³-hybridized carbons (Fsp3) is 0.571. The van der Waals surface area contributed by atoms with Gasteiger partial charge in [0.1, 0.15) is 0 Å². The second kappa shape index (κ2) is 4.88. The quantitative estimate of drug-likeness (QED) is 0.804. The molecule has 0 spiro atoms. The smallest absolute Gasteiger partial charge is 0.191 e. The van der Waals surface area contributed by atoms with Crippen LogP contribution in [0, 0.1) is 6.92 Å². The molecule has 4 heteroatoms. The van der Waals surface area contributed by atoms with Crippen LogP contribution in [-0.2, 0) is 14.2 Å². The summed E-state index contributed by atoms with van der Waals surface area (Å²) in [5, 5.41) is 0. The maximum Gasteiger partial charge on any atom is 0.191 e. The molecule has 0 saturated carbocycles. The summed E-state index contributed by atoms with van der Waals surface area (Å²) in [7, 11) is 0. The summed E-state index contributed by atoms with van der Waals surface area (Å²) in [6.07, 6.45) is -0.299. The molecule has 2 aliphatic heterocycles. The molecule has 0 amide bonds. The Hall–Kier alpha value is -1.10. The second-order valence-corrected chi connectivity index (χ2v) is 4.83. The van der Waals surface area contributed by atoms with E-state index in [1.807, 2.05) is 6.92 Å². The molecule has 4 nitrogen and oxygen atoms in total. The average Bonchev–Trinajstić information content (AvgIpc) is 2.36. The van der Waals surface area contributed by atoms with E-state index in [0.717, 1.165) is 31.9 Å². The van der Waals surface area contributed by atoms with Crippen molar-refractivity contribution in [2.75, 3.05) is 31.2 Å². The van der Waals surface area contributed by atoms with Crippen molar-refractivity contribution in [3.8, 4) is 0 Å². The summed E-state index contributed by atoms with van der Waals surface area (Å²) in [6, 6.07) is 6.42. The first-order valence-corrected chi connectivity index (χ1v) is 6.48. The Bertz CT molecular complexity index is 423. The third-order valence-electron chi connectivity index (χ3n) is 3.42. The van der Waals surface area contributed by atoms with Gasteiger partial charge in [-0.15, -0.1) is 0 Å². The van der Waals surface area contributed by atoms with E-state index in [0.29, 0.717) is 0 Å². The summed E-state index contributed by atoms with van der Waals surface area (Å²) < 4.78 is 16.6. The van der Waals surface area contributed by atoms with E-state index in [4.69, 9.17) is 14.2 Å². The van der Waals surface area contributed by atoms with E-state index < -0.39 is 0 Å². The number of anilines is 1. The van der Waals surface area contributed by atoms with Crippen molar-refractivity contribution in [2.45, 2.75) is 26.4 Å². The van der Waals surface area contributed by atoms with E-state index in [-0.39, 0.29) is 12.6 Å². The van der Waals surface area contributed by atoms with Gasteiger partial charge in [-0.2, -0.15) is 0 Å². The number of nitrogens with zero attached hydrogens (tertiary/aromatic N) is 1. The fourth-order valence-corrected chi connectivity index (χ4v) is 2.44. The molecule has 98 valence electrons. The molecular formula is C14H19NO3. The summed E-state index contributed by atoms with van der Waals surface area (Å²) >= 11 is 0. The average molecular weight is 249 g/mol. The predicted molar refractivity (Wildman–Crippen MR) is 68.6 cm³/mol. The molecule has 1 aromatic carbocycles. The number of rotatable bonds is 2. The molecule has 2 saturated heterocycles. The lowest BCUT2D eigenvalue weighted by Gasteiger charge is -2.38. The van der Waals surface area contributed by atoms with Crippen LogP contribution >= 0.6 is 0 Å². The zero-order chi connectivity index (χ0) is 12.5. The van der Waals surface area contributed by atoms with Crippen LogP contribution in [0.1, 0.15) is 24.3 Å². The van der Waals surface area contributed by atoms with E-state index in [1.54, 1.807) is 0 Å². The second-order valence-electron chi connectivity index (χ2n) is 4.83. The Morgan fingerprint density at radius 3 is 2.56 bits per heavy atom. The summed E-state index contributed by atoms with van der Waals surface area (Å²) in [5.74, 6) is 0. The first-order valence-electron chi connectivity index (χ1n) is 6.48. The highest BCUT2D eigenvalue weighted by molar-refractivity contribution is 5.56. The van der Waals surface area contributed by atoms with Crippen LogP contribution in [0.15, 0.2) is 18.2 Å². The zero-order valence-electron chi connectivity index (χ0n) is 10.9. The van der Waals surface area contributed by atoms with Crippen molar-refractivity contribution >= 4 is 5.69 Å². The van der Waals surface area contributed by atoms with Crippen molar-refractivity contribution < 1.29 is 14.2 Å². The number of hydrogen-bond acceptors (Lipinski definition) is 4.